The molecular weight excluding hydrogens is 582 g/mol. The van der Waals surface area contributed by atoms with Crippen molar-refractivity contribution in [3.05, 3.63) is 101 Å². The number of benzene rings is 3. The number of hydrogen-bond acceptors (Lipinski definition) is 4. The number of sulfonamides is 1. The Labute approximate surface area is 261 Å². The molecule has 9 heteroatoms. The van der Waals surface area contributed by atoms with Crippen molar-refractivity contribution >= 4 is 39.1 Å². The Kier molecular flexibility index (Phi) is 10.6. The summed E-state index contributed by atoms with van der Waals surface area (Å²) in [6.45, 7) is 5.83. The topological polar surface area (TPSA) is 86.8 Å². The molecule has 4 rings (SSSR count). The summed E-state index contributed by atoms with van der Waals surface area (Å²) in [6.07, 6.45) is 5.25. The first-order valence-corrected chi connectivity index (χ1v) is 17.0. The Morgan fingerprint density at radius 1 is 0.930 bits per heavy atom. The van der Waals surface area contributed by atoms with Gasteiger partial charge in [0.2, 0.25) is 21.8 Å². The van der Waals surface area contributed by atoms with E-state index in [1.807, 2.05) is 54.6 Å². The van der Waals surface area contributed by atoms with Crippen molar-refractivity contribution in [2.75, 3.05) is 17.1 Å². The van der Waals surface area contributed by atoms with Gasteiger partial charge < -0.3 is 10.2 Å². The van der Waals surface area contributed by atoms with E-state index in [1.165, 1.54) is 4.90 Å². The van der Waals surface area contributed by atoms with E-state index >= 15 is 0 Å². The highest BCUT2D eigenvalue weighted by Gasteiger charge is 2.34. The Morgan fingerprint density at radius 3 is 2.12 bits per heavy atom. The monoisotopic (exact) mass is 623 g/mol. The standard InChI is InChI=1S/C34H42ClN3O4S/c1-34(2,3)27-18-20-29(21-19-27)38(43(4,41)42)24-32(39)37(23-26-14-8-11-17-30(26)35)31(22-25-12-6-5-7-13-25)33(40)36-28-15-9-10-16-28/h5-8,11-14,17-21,28,31H,9-10,15-16,22-24H2,1-4H3,(H,36,40)/t31-/m0/s1. The smallest absolute Gasteiger partial charge is 0.244 e. The van der Waals surface area contributed by atoms with Crippen LogP contribution >= 0.6 is 11.6 Å². The van der Waals surface area contributed by atoms with E-state index in [9.17, 15) is 18.0 Å². The number of hydrogen-bond donors (Lipinski definition) is 1. The molecule has 0 aromatic heterocycles. The summed E-state index contributed by atoms with van der Waals surface area (Å²) in [5.74, 6) is -0.746. The molecule has 1 atom stereocenters. The van der Waals surface area contributed by atoms with Gasteiger partial charge in [-0.3, -0.25) is 13.9 Å². The van der Waals surface area contributed by atoms with Crippen LogP contribution in [0, 0.1) is 0 Å². The fourth-order valence-electron chi connectivity index (χ4n) is 5.47. The second-order valence-corrected chi connectivity index (χ2v) is 14.7. The molecule has 0 aliphatic heterocycles. The minimum absolute atomic E-state index is 0.0503. The van der Waals surface area contributed by atoms with Crippen LogP contribution < -0.4 is 9.62 Å². The van der Waals surface area contributed by atoms with Gasteiger partial charge in [0, 0.05) is 24.0 Å². The van der Waals surface area contributed by atoms with E-state index in [4.69, 9.17) is 11.6 Å². The van der Waals surface area contributed by atoms with Crippen LogP contribution in [0.15, 0.2) is 78.9 Å². The third-order valence-electron chi connectivity index (χ3n) is 7.97. The van der Waals surface area contributed by atoms with E-state index < -0.39 is 28.5 Å². The van der Waals surface area contributed by atoms with Crippen LogP contribution in [-0.2, 0) is 38.0 Å². The van der Waals surface area contributed by atoms with Gasteiger partial charge in [-0.2, -0.15) is 0 Å². The molecule has 0 spiro atoms. The van der Waals surface area contributed by atoms with E-state index in [2.05, 4.69) is 26.1 Å². The molecule has 3 aromatic rings. The second-order valence-electron chi connectivity index (χ2n) is 12.4. The highest BCUT2D eigenvalue weighted by Crippen LogP contribution is 2.27. The molecule has 0 bridgehead atoms. The summed E-state index contributed by atoms with van der Waals surface area (Å²) in [7, 11) is -3.84. The van der Waals surface area contributed by atoms with E-state index in [0.29, 0.717) is 16.3 Å². The minimum atomic E-state index is -3.84. The molecule has 1 fully saturated rings. The molecule has 1 aliphatic carbocycles. The van der Waals surface area contributed by atoms with E-state index in [-0.39, 0.29) is 30.3 Å². The van der Waals surface area contributed by atoms with Crippen LogP contribution in [0.2, 0.25) is 5.02 Å². The van der Waals surface area contributed by atoms with Gasteiger partial charge >= 0.3 is 0 Å². The molecule has 0 unspecified atom stereocenters. The summed E-state index contributed by atoms with van der Waals surface area (Å²) in [6, 6.07) is 23.1. The quantitative estimate of drug-likeness (QED) is 0.280. The van der Waals surface area contributed by atoms with Crippen molar-refractivity contribution in [3.63, 3.8) is 0 Å². The van der Waals surface area contributed by atoms with Crippen molar-refractivity contribution in [3.8, 4) is 0 Å². The highest BCUT2D eigenvalue weighted by molar-refractivity contribution is 7.92. The first kappa shape index (κ1) is 32.6. The van der Waals surface area contributed by atoms with Crippen LogP contribution in [0.4, 0.5) is 5.69 Å². The maximum absolute atomic E-state index is 14.3. The molecule has 0 saturated heterocycles. The maximum atomic E-state index is 14.3. The largest absolute Gasteiger partial charge is 0.352 e. The predicted octanol–water partition coefficient (Wildman–Crippen LogP) is 6.10. The molecule has 2 amide bonds. The van der Waals surface area contributed by atoms with E-state index in [1.54, 1.807) is 24.3 Å². The minimum Gasteiger partial charge on any atom is -0.352 e. The Hall–Kier alpha value is -3.36. The first-order valence-electron chi connectivity index (χ1n) is 14.8. The molecule has 7 nitrogen and oxygen atoms in total. The third kappa shape index (κ3) is 8.83. The van der Waals surface area contributed by atoms with Crippen molar-refractivity contribution < 1.29 is 18.0 Å². The van der Waals surface area contributed by atoms with Crippen molar-refractivity contribution in [1.82, 2.24) is 10.2 Å². The second kappa shape index (κ2) is 14.0. The molecule has 0 heterocycles. The number of anilines is 1. The van der Waals surface area contributed by atoms with Gasteiger partial charge in [-0.05, 0) is 53.1 Å². The lowest BCUT2D eigenvalue weighted by Crippen LogP contribution is -2.54. The SMILES string of the molecule is CC(C)(C)c1ccc(N(CC(=O)N(Cc2ccccc2Cl)[C@@H](Cc2ccccc2)C(=O)NC2CCCC2)S(C)(=O)=O)cc1. The highest BCUT2D eigenvalue weighted by atomic mass is 35.5. The third-order valence-corrected chi connectivity index (χ3v) is 9.48. The van der Waals surface area contributed by atoms with Crippen molar-refractivity contribution in [2.45, 2.75) is 76.9 Å². The summed E-state index contributed by atoms with van der Waals surface area (Å²) < 4.78 is 27.2. The van der Waals surface area contributed by atoms with E-state index in [0.717, 1.165) is 47.4 Å². The maximum Gasteiger partial charge on any atom is 0.244 e. The van der Waals surface area contributed by atoms with Gasteiger partial charge in [0.25, 0.3) is 0 Å². The number of carbonyl (C=O) groups is 2. The molecular formula is C34H42ClN3O4S. The molecule has 43 heavy (non-hydrogen) atoms. The number of nitrogens with one attached hydrogen (secondary N) is 1. The number of carbonyl (C=O) groups excluding carboxylic acids is 2. The van der Waals surface area contributed by atoms with Gasteiger partial charge in [-0.25, -0.2) is 8.42 Å². The predicted molar refractivity (Wildman–Crippen MR) is 174 cm³/mol. The fraction of sp³-hybridized carbons (Fsp3) is 0.412. The number of rotatable bonds is 11. The van der Waals surface area contributed by atoms with Crippen LogP contribution in [0.3, 0.4) is 0 Å². The summed E-state index contributed by atoms with van der Waals surface area (Å²) in [4.78, 5) is 29.7. The molecule has 0 radical (unpaired) electrons. The normalized spacial score (nSPS) is 14.7. The zero-order chi connectivity index (χ0) is 31.2. The van der Waals surface area contributed by atoms with Gasteiger partial charge in [0.1, 0.15) is 12.6 Å². The van der Waals surface area contributed by atoms with Gasteiger partial charge in [-0.15, -0.1) is 0 Å². The summed E-state index contributed by atoms with van der Waals surface area (Å²) in [5.41, 5.74) is 2.88. The molecule has 1 aliphatic rings. The lowest BCUT2D eigenvalue weighted by atomic mass is 9.87. The van der Waals surface area contributed by atoms with Crippen LogP contribution in [-0.4, -0.2) is 50.0 Å². The lowest BCUT2D eigenvalue weighted by Gasteiger charge is -2.34. The zero-order valence-electron chi connectivity index (χ0n) is 25.4. The number of nitrogens with zero attached hydrogens (tertiary/aromatic N) is 2. The van der Waals surface area contributed by atoms with Gasteiger partial charge in [-0.1, -0.05) is 106 Å². The number of halogens is 1. The van der Waals surface area contributed by atoms with Gasteiger partial charge in [0.05, 0.1) is 11.9 Å². The molecule has 3 aromatic carbocycles. The average molecular weight is 624 g/mol. The summed E-state index contributed by atoms with van der Waals surface area (Å²) in [5, 5.41) is 3.64. The van der Waals surface area contributed by atoms with Gasteiger partial charge in [0.15, 0.2) is 0 Å². The van der Waals surface area contributed by atoms with Crippen LogP contribution in [0.5, 0.6) is 0 Å². The Balaban J connectivity index is 1.72. The summed E-state index contributed by atoms with van der Waals surface area (Å²) >= 11 is 6.54. The fourth-order valence-corrected chi connectivity index (χ4v) is 6.52. The van der Waals surface area contributed by atoms with Crippen molar-refractivity contribution in [1.29, 1.82) is 0 Å². The lowest BCUT2D eigenvalue weighted by molar-refractivity contribution is -0.140. The first-order chi connectivity index (χ1) is 20.3. The molecule has 1 N–H and O–H groups in total. The molecule has 1 saturated carbocycles. The van der Waals surface area contributed by atoms with Crippen molar-refractivity contribution in [2.24, 2.45) is 0 Å². The Morgan fingerprint density at radius 2 is 1.53 bits per heavy atom. The Bertz CT molecular complexity index is 1500. The zero-order valence-corrected chi connectivity index (χ0v) is 27.0. The molecule has 230 valence electrons. The van der Waals surface area contributed by atoms with Crippen LogP contribution in [0.1, 0.15) is 63.1 Å². The average Bonchev–Trinajstić information content (AvgIpc) is 3.47. The van der Waals surface area contributed by atoms with Crippen LogP contribution in [0.25, 0.3) is 0 Å². The number of amides is 2.